The Kier molecular flexibility index (Phi) is 2.23. The second-order valence-electron chi connectivity index (χ2n) is 4.45. The van der Waals surface area contributed by atoms with Crippen molar-refractivity contribution in [3.05, 3.63) is 36.2 Å². The zero-order valence-electron chi connectivity index (χ0n) is 9.33. The van der Waals surface area contributed by atoms with Gasteiger partial charge in [-0.1, -0.05) is 30.3 Å². The van der Waals surface area contributed by atoms with Crippen LogP contribution in [0.25, 0.3) is 11.4 Å². The molecule has 0 bridgehead atoms. The van der Waals surface area contributed by atoms with Gasteiger partial charge in [0.25, 0.3) is 0 Å². The van der Waals surface area contributed by atoms with Crippen LogP contribution in [0.5, 0.6) is 0 Å². The Hall–Kier alpha value is -1.85. The van der Waals surface area contributed by atoms with Crippen molar-refractivity contribution in [1.29, 1.82) is 0 Å². The van der Waals surface area contributed by atoms with Gasteiger partial charge in [0.1, 0.15) is 11.2 Å². The molecular weight excluding hydrogens is 243 g/mol. The van der Waals surface area contributed by atoms with Crippen molar-refractivity contribution in [1.82, 2.24) is 15.2 Å². The highest BCUT2D eigenvalue weighted by Gasteiger charge is 2.66. The summed E-state index contributed by atoms with van der Waals surface area (Å²) in [6.07, 6.45) is -4.10. The maximum atomic E-state index is 12.9. The van der Waals surface area contributed by atoms with E-state index in [2.05, 4.69) is 15.2 Å². The normalized spacial score (nSPS) is 17.7. The maximum absolute atomic E-state index is 12.9. The first kappa shape index (κ1) is 11.3. The Morgan fingerprint density at radius 3 is 2.33 bits per heavy atom. The molecule has 0 amide bonds. The third-order valence-electron chi connectivity index (χ3n) is 3.26. The lowest BCUT2D eigenvalue weighted by Crippen LogP contribution is -2.29. The van der Waals surface area contributed by atoms with Gasteiger partial charge in [0.05, 0.1) is 0 Å². The molecule has 1 saturated carbocycles. The number of aromatic nitrogens is 3. The number of halogens is 3. The Morgan fingerprint density at radius 1 is 1.11 bits per heavy atom. The van der Waals surface area contributed by atoms with Gasteiger partial charge in [-0.2, -0.15) is 18.3 Å². The number of nitrogens with zero attached hydrogens (tertiary/aromatic N) is 2. The molecule has 1 aliphatic carbocycles. The minimum absolute atomic E-state index is 0.0751. The van der Waals surface area contributed by atoms with Crippen LogP contribution < -0.4 is 0 Å². The van der Waals surface area contributed by atoms with E-state index in [-0.39, 0.29) is 18.7 Å². The minimum atomic E-state index is -4.26. The quantitative estimate of drug-likeness (QED) is 0.893. The Morgan fingerprint density at radius 2 is 1.78 bits per heavy atom. The van der Waals surface area contributed by atoms with Gasteiger partial charge in [0.2, 0.25) is 0 Å². The van der Waals surface area contributed by atoms with Crippen molar-refractivity contribution in [2.75, 3.05) is 0 Å². The van der Waals surface area contributed by atoms with Crippen LogP contribution in [0.15, 0.2) is 30.3 Å². The van der Waals surface area contributed by atoms with Gasteiger partial charge in [0.15, 0.2) is 5.82 Å². The molecule has 1 aliphatic rings. The van der Waals surface area contributed by atoms with Crippen molar-refractivity contribution < 1.29 is 13.2 Å². The second kappa shape index (κ2) is 3.57. The topological polar surface area (TPSA) is 41.6 Å². The van der Waals surface area contributed by atoms with Gasteiger partial charge in [-0.15, -0.1) is 0 Å². The van der Waals surface area contributed by atoms with Crippen LogP contribution in [0.4, 0.5) is 13.2 Å². The van der Waals surface area contributed by atoms with Crippen LogP contribution in [-0.2, 0) is 5.41 Å². The van der Waals surface area contributed by atoms with E-state index in [1.165, 1.54) is 0 Å². The number of rotatable bonds is 2. The molecule has 0 radical (unpaired) electrons. The molecule has 3 nitrogen and oxygen atoms in total. The number of H-pyrrole nitrogens is 1. The van der Waals surface area contributed by atoms with E-state index in [4.69, 9.17) is 0 Å². The maximum Gasteiger partial charge on any atom is 0.401 e. The third kappa shape index (κ3) is 1.60. The summed E-state index contributed by atoms with van der Waals surface area (Å²) in [6.45, 7) is 0. The van der Waals surface area contributed by atoms with Crippen LogP contribution in [0, 0.1) is 0 Å². The first-order chi connectivity index (χ1) is 8.53. The average molecular weight is 253 g/mol. The van der Waals surface area contributed by atoms with E-state index in [0.717, 1.165) is 0 Å². The molecule has 1 N–H and O–H groups in total. The Bertz CT molecular complexity index is 555. The monoisotopic (exact) mass is 253 g/mol. The van der Waals surface area contributed by atoms with Gasteiger partial charge >= 0.3 is 6.18 Å². The molecule has 1 fully saturated rings. The molecule has 6 heteroatoms. The number of alkyl halides is 3. The second-order valence-corrected chi connectivity index (χ2v) is 4.45. The average Bonchev–Trinajstić information content (AvgIpc) is 3.03. The standard InChI is InChI=1S/C12H10F3N3/c13-12(14,15)11(6-7-11)10-16-9(17-18-10)8-4-2-1-3-5-8/h1-5H,6-7H2,(H,16,17,18). The van der Waals surface area contributed by atoms with E-state index in [1.54, 1.807) is 24.3 Å². The number of hydrogen-bond donors (Lipinski definition) is 1. The SMILES string of the molecule is FC(F)(F)C1(c2nc(-c3ccccc3)n[nH]2)CC1. The summed E-state index contributed by atoms with van der Waals surface area (Å²) in [6, 6.07) is 8.94. The number of nitrogens with one attached hydrogen (secondary N) is 1. The fourth-order valence-electron chi connectivity index (χ4n) is 1.97. The third-order valence-corrected chi connectivity index (χ3v) is 3.26. The molecule has 1 aromatic carbocycles. The van der Waals surface area contributed by atoms with Crippen molar-refractivity contribution in [3.63, 3.8) is 0 Å². The summed E-state index contributed by atoms with van der Waals surface area (Å²) in [5, 5.41) is 6.30. The lowest BCUT2D eigenvalue weighted by molar-refractivity contribution is -0.162. The summed E-state index contributed by atoms with van der Waals surface area (Å²) < 4.78 is 38.7. The predicted octanol–water partition coefficient (Wildman–Crippen LogP) is 3.07. The molecule has 18 heavy (non-hydrogen) atoms. The number of benzene rings is 1. The van der Waals surface area contributed by atoms with Gasteiger partial charge in [0, 0.05) is 5.56 Å². The van der Waals surface area contributed by atoms with Crippen LogP contribution in [0.3, 0.4) is 0 Å². The molecule has 1 heterocycles. The lowest BCUT2D eigenvalue weighted by Gasteiger charge is -2.15. The van der Waals surface area contributed by atoms with Gasteiger partial charge < -0.3 is 0 Å². The molecule has 2 aromatic rings. The molecule has 1 aromatic heterocycles. The van der Waals surface area contributed by atoms with Gasteiger partial charge in [-0.05, 0) is 12.8 Å². The Labute approximate surface area is 101 Å². The van der Waals surface area contributed by atoms with E-state index >= 15 is 0 Å². The van der Waals surface area contributed by atoms with Crippen molar-refractivity contribution in [3.8, 4) is 11.4 Å². The van der Waals surface area contributed by atoms with E-state index in [0.29, 0.717) is 11.4 Å². The van der Waals surface area contributed by atoms with Crippen LogP contribution >= 0.6 is 0 Å². The highest BCUT2D eigenvalue weighted by Crippen LogP contribution is 2.57. The summed E-state index contributed by atoms with van der Waals surface area (Å²) in [5.74, 6) is 0.231. The highest BCUT2D eigenvalue weighted by atomic mass is 19.4. The first-order valence-corrected chi connectivity index (χ1v) is 5.58. The molecule has 3 rings (SSSR count). The molecule has 0 spiro atoms. The summed E-state index contributed by atoms with van der Waals surface area (Å²) >= 11 is 0. The fourth-order valence-corrected chi connectivity index (χ4v) is 1.97. The number of hydrogen-bond acceptors (Lipinski definition) is 2. The van der Waals surface area contributed by atoms with E-state index < -0.39 is 11.6 Å². The lowest BCUT2D eigenvalue weighted by atomic mass is 10.1. The molecule has 0 saturated heterocycles. The van der Waals surface area contributed by atoms with Crippen molar-refractivity contribution >= 4 is 0 Å². The van der Waals surface area contributed by atoms with Crippen LogP contribution in [0.1, 0.15) is 18.7 Å². The fraction of sp³-hybridized carbons (Fsp3) is 0.333. The smallest absolute Gasteiger partial charge is 0.262 e. The molecule has 94 valence electrons. The van der Waals surface area contributed by atoms with E-state index in [1.807, 2.05) is 6.07 Å². The van der Waals surface area contributed by atoms with Gasteiger partial charge in [-0.25, -0.2) is 4.98 Å². The van der Waals surface area contributed by atoms with Crippen molar-refractivity contribution in [2.45, 2.75) is 24.4 Å². The molecule has 0 unspecified atom stereocenters. The minimum Gasteiger partial charge on any atom is -0.262 e. The largest absolute Gasteiger partial charge is 0.401 e. The van der Waals surface area contributed by atoms with Gasteiger partial charge in [-0.3, -0.25) is 5.10 Å². The van der Waals surface area contributed by atoms with E-state index in [9.17, 15) is 13.2 Å². The molecule has 0 aliphatic heterocycles. The van der Waals surface area contributed by atoms with Crippen LogP contribution in [-0.4, -0.2) is 21.4 Å². The number of aromatic amines is 1. The zero-order chi connectivity index (χ0) is 12.8. The molecular formula is C12H10F3N3. The Balaban J connectivity index is 1.96. The summed E-state index contributed by atoms with van der Waals surface area (Å²) in [5.41, 5.74) is -1.09. The van der Waals surface area contributed by atoms with Crippen molar-refractivity contribution in [2.24, 2.45) is 0 Å². The van der Waals surface area contributed by atoms with Crippen LogP contribution in [0.2, 0.25) is 0 Å². The highest BCUT2D eigenvalue weighted by molar-refractivity contribution is 5.54. The zero-order valence-corrected chi connectivity index (χ0v) is 9.33. The predicted molar refractivity (Wildman–Crippen MR) is 58.8 cm³/mol. The molecule has 0 atom stereocenters. The summed E-state index contributed by atoms with van der Waals surface area (Å²) in [7, 11) is 0. The summed E-state index contributed by atoms with van der Waals surface area (Å²) in [4.78, 5) is 3.99. The first-order valence-electron chi connectivity index (χ1n) is 5.58.